The molecule has 1 atom stereocenters. The first kappa shape index (κ1) is 19.1. The van der Waals surface area contributed by atoms with E-state index in [0.29, 0.717) is 6.04 Å². The second-order valence-electron chi connectivity index (χ2n) is 8.08. The average Bonchev–Trinajstić information content (AvgIpc) is 3.36. The van der Waals surface area contributed by atoms with Crippen molar-refractivity contribution in [3.63, 3.8) is 0 Å². The highest BCUT2D eigenvalue weighted by Crippen LogP contribution is 2.27. The number of piperazine rings is 1. The first-order valence-electron chi connectivity index (χ1n) is 10.5. The molecule has 1 saturated heterocycles. The minimum atomic E-state index is 0.287. The minimum absolute atomic E-state index is 0.287. The van der Waals surface area contributed by atoms with Crippen molar-refractivity contribution >= 4 is 11.3 Å². The fourth-order valence-corrected chi connectivity index (χ4v) is 5.42. The molecule has 4 rings (SSSR count). The third kappa shape index (κ3) is 4.80. The van der Waals surface area contributed by atoms with Gasteiger partial charge >= 0.3 is 0 Å². The van der Waals surface area contributed by atoms with Crippen molar-refractivity contribution in [2.45, 2.75) is 51.1 Å². The van der Waals surface area contributed by atoms with E-state index in [1.165, 1.54) is 44.3 Å². The molecule has 6 heteroatoms. The zero-order valence-electron chi connectivity index (χ0n) is 16.2. The van der Waals surface area contributed by atoms with E-state index in [4.69, 9.17) is 0 Å². The monoisotopic (exact) mass is 388 g/mol. The Bertz CT molecular complexity index is 680. The zero-order chi connectivity index (χ0) is 18.5. The summed E-state index contributed by atoms with van der Waals surface area (Å²) in [4.78, 5) is 9.68. The van der Waals surface area contributed by atoms with E-state index >= 15 is 0 Å². The number of aliphatic hydroxyl groups excluding tert-OH is 1. The van der Waals surface area contributed by atoms with Gasteiger partial charge in [0, 0.05) is 68.8 Å². The number of nitrogens with zero attached hydrogens (tertiary/aromatic N) is 4. The van der Waals surface area contributed by atoms with Crippen LogP contribution in [0.4, 0.5) is 0 Å². The maximum absolute atomic E-state index is 9.60. The molecule has 2 fully saturated rings. The van der Waals surface area contributed by atoms with Crippen LogP contribution in [0, 0.1) is 5.92 Å². The predicted octanol–water partition coefficient (Wildman–Crippen LogP) is 3.38. The molecule has 2 aliphatic rings. The molecule has 0 spiro atoms. The first-order valence-corrected chi connectivity index (χ1v) is 11.3. The molecule has 1 saturated carbocycles. The summed E-state index contributed by atoms with van der Waals surface area (Å²) in [6, 6.07) is 4.80. The number of hydrogen-bond acceptors (Lipinski definition) is 5. The number of hydrogen-bond donors (Lipinski definition) is 1. The highest BCUT2D eigenvalue weighted by Gasteiger charge is 2.29. The molecular weight excluding hydrogens is 356 g/mol. The molecule has 3 heterocycles. The van der Waals surface area contributed by atoms with Gasteiger partial charge in [0.15, 0.2) is 5.13 Å². The van der Waals surface area contributed by atoms with Crippen molar-refractivity contribution in [3.8, 4) is 5.13 Å². The summed E-state index contributed by atoms with van der Waals surface area (Å²) in [5.41, 5.74) is 1.30. The lowest BCUT2D eigenvalue weighted by molar-refractivity contribution is 0.0393. The van der Waals surface area contributed by atoms with Crippen LogP contribution in [0.3, 0.4) is 0 Å². The van der Waals surface area contributed by atoms with Crippen LogP contribution in [0.5, 0.6) is 0 Å². The SMILES string of the molecule is OCCC1CN(Cc2cccn2-c2nccs2)CCN1CC1CCCCC1. The van der Waals surface area contributed by atoms with Gasteiger partial charge in [0.25, 0.3) is 0 Å². The van der Waals surface area contributed by atoms with Gasteiger partial charge in [0.05, 0.1) is 0 Å². The fraction of sp³-hybridized carbons (Fsp3) is 0.667. The Kier molecular flexibility index (Phi) is 6.60. The summed E-state index contributed by atoms with van der Waals surface area (Å²) >= 11 is 1.68. The maximum atomic E-state index is 9.60. The lowest BCUT2D eigenvalue weighted by Gasteiger charge is -2.43. The van der Waals surface area contributed by atoms with Crippen molar-refractivity contribution in [3.05, 3.63) is 35.6 Å². The molecule has 0 bridgehead atoms. The molecule has 5 nitrogen and oxygen atoms in total. The Labute approximate surface area is 166 Å². The van der Waals surface area contributed by atoms with E-state index in [2.05, 4.69) is 37.7 Å². The molecule has 1 aliphatic carbocycles. The lowest BCUT2D eigenvalue weighted by Crippen LogP contribution is -2.54. The molecule has 1 N–H and O–H groups in total. The minimum Gasteiger partial charge on any atom is -0.396 e. The van der Waals surface area contributed by atoms with Crippen molar-refractivity contribution < 1.29 is 5.11 Å². The molecule has 27 heavy (non-hydrogen) atoms. The van der Waals surface area contributed by atoms with Crippen LogP contribution in [-0.4, -0.2) is 63.3 Å². The summed E-state index contributed by atoms with van der Waals surface area (Å²) in [6.07, 6.45) is 11.9. The Hall–Kier alpha value is -1.21. The van der Waals surface area contributed by atoms with Crippen LogP contribution in [-0.2, 0) is 6.54 Å². The third-order valence-electron chi connectivity index (χ3n) is 6.21. The van der Waals surface area contributed by atoms with Gasteiger partial charge in [-0.05, 0) is 37.3 Å². The van der Waals surface area contributed by atoms with E-state index in [9.17, 15) is 5.11 Å². The van der Waals surface area contributed by atoms with Gasteiger partial charge in [-0.15, -0.1) is 11.3 Å². The third-order valence-corrected chi connectivity index (χ3v) is 6.98. The van der Waals surface area contributed by atoms with Crippen LogP contribution in [0.2, 0.25) is 0 Å². The maximum Gasteiger partial charge on any atom is 0.193 e. The molecule has 2 aromatic rings. The Morgan fingerprint density at radius 1 is 1.19 bits per heavy atom. The van der Waals surface area contributed by atoms with Gasteiger partial charge in [-0.25, -0.2) is 4.98 Å². The predicted molar refractivity (Wildman–Crippen MR) is 110 cm³/mol. The van der Waals surface area contributed by atoms with Crippen molar-refractivity contribution in [1.82, 2.24) is 19.4 Å². The molecule has 148 valence electrons. The summed E-state index contributed by atoms with van der Waals surface area (Å²) < 4.78 is 2.21. The molecule has 1 unspecified atom stereocenters. The van der Waals surface area contributed by atoms with Gasteiger partial charge in [-0.3, -0.25) is 14.4 Å². The van der Waals surface area contributed by atoms with Crippen molar-refractivity contribution in [2.24, 2.45) is 5.92 Å². The number of aliphatic hydroxyl groups is 1. The molecule has 2 aromatic heterocycles. The molecule has 0 aromatic carbocycles. The van der Waals surface area contributed by atoms with Crippen molar-refractivity contribution in [1.29, 1.82) is 0 Å². The largest absolute Gasteiger partial charge is 0.396 e. The van der Waals surface area contributed by atoms with Gasteiger partial charge in [0.1, 0.15) is 0 Å². The molecular formula is C21H32N4OS. The van der Waals surface area contributed by atoms with E-state index in [-0.39, 0.29) is 6.61 Å². The van der Waals surface area contributed by atoms with Gasteiger partial charge in [-0.2, -0.15) is 0 Å². The van der Waals surface area contributed by atoms with Crippen LogP contribution in [0.25, 0.3) is 5.13 Å². The van der Waals surface area contributed by atoms with Crippen LogP contribution in [0.1, 0.15) is 44.2 Å². The van der Waals surface area contributed by atoms with Gasteiger partial charge in [-0.1, -0.05) is 19.3 Å². The quantitative estimate of drug-likeness (QED) is 0.790. The number of rotatable bonds is 7. The van der Waals surface area contributed by atoms with E-state index in [1.54, 1.807) is 11.3 Å². The second-order valence-corrected chi connectivity index (χ2v) is 8.96. The highest BCUT2D eigenvalue weighted by molar-refractivity contribution is 7.12. The summed E-state index contributed by atoms with van der Waals surface area (Å²) in [7, 11) is 0. The number of aromatic nitrogens is 2. The molecule has 0 amide bonds. The number of thiazole rings is 1. The fourth-order valence-electron chi connectivity index (χ4n) is 4.76. The van der Waals surface area contributed by atoms with Crippen molar-refractivity contribution in [2.75, 3.05) is 32.8 Å². The van der Waals surface area contributed by atoms with Crippen LogP contribution >= 0.6 is 11.3 Å². The summed E-state index contributed by atoms with van der Waals surface area (Å²) in [6.45, 7) is 5.75. The van der Waals surface area contributed by atoms with Gasteiger partial charge in [0.2, 0.25) is 0 Å². The van der Waals surface area contributed by atoms with E-state index < -0.39 is 0 Å². The Morgan fingerprint density at radius 2 is 2.07 bits per heavy atom. The summed E-state index contributed by atoms with van der Waals surface area (Å²) in [5.74, 6) is 0.869. The van der Waals surface area contributed by atoms with E-state index in [1.807, 2.05) is 11.6 Å². The second kappa shape index (κ2) is 9.32. The summed E-state index contributed by atoms with van der Waals surface area (Å²) in [5, 5.41) is 12.7. The Morgan fingerprint density at radius 3 is 2.85 bits per heavy atom. The van der Waals surface area contributed by atoms with Gasteiger partial charge < -0.3 is 5.11 Å². The van der Waals surface area contributed by atoms with Crippen LogP contribution < -0.4 is 0 Å². The topological polar surface area (TPSA) is 44.5 Å². The molecule has 0 radical (unpaired) electrons. The highest BCUT2D eigenvalue weighted by atomic mass is 32.1. The zero-order valence-corrected chi connectivity index (χ0v) is 17.0. The first-order chi connectivity index (χ1) is 13.3. The Balaban J connectivity index is 1.38. The average molecular weight is 389 g/mol. The van der Waals surface area contributed by atoms with Crippen LogP contribution in [0.15, 0.2) is 29.9 Å². The van der Waals surface area contributed by atoms with E-state index in [0.717, 1.165) is 43.6 Å². The molecule has 1 aliphatic heterocycles. The normalized spacial score (nSPS) is 23.1. The smallest absolute Gasteiger partial charge is 0.193 e. The standard InChI is InChI=1S/C21H32N4OS/c26-13-8-19-16-23(11-12-24(19)15-18-5-2-1-3-6-18)17-20-7-4-10-25(20)21-22-9-14-27-21/h4,7,9-10,14,18-19,26H,1-3,5-6,8,11-13,15-17H2. The lowest BCUT2D eigenvalue weighted by atomic mass is 9.88.